The molecule has 0 aliphatic heterocycles. The average Bonchev–Trinajstić information content (AvgIpc) is 2.47. The molecular weight excluding hydrogens is 186 g/mol. The smallest absolute Gasteiger partial charge is 0.203 e. The zero-order valence-corrected chi connectivity index (χ0v) is 9.76. The third kappa shape index (κ3) is 1.58. The van der Waals surface area contributed by atoms with Gasteiger partial charge in [0.1, 0.15) is 0 Å². The van der Waals surface area contributed by atoms with Crippen molar-refractivity contribution in [3.63, 3.8) is 0 Å². The molecule has 1 N–H and O–H groups in total. The third-order valence-electron chi connectivity index (χ3n) is 2.83. The number of imidazole rings is 1. The van der Waals surface area contributed by atoms with Gasteiger partial charge in [-0.1, -0.05) is 0 Å². The Bertz CT molecular complexity index is 497. The second-order valence-electron chi connectivity index (χ2n) is 3.95. The van der Waals surface area contributed by atoms with Gasteiger partial charge >= 0.3 is 0 Å². The summed E-state index contributed by atoms with van der Waals surface area (Å²) in [4.78, 5) is 4.56. The lowest BCUT2D eigenvalue weighted by molar-refractivity contribution is 0.936. The highest BCUT2D eigenvalue weighted by Crippen LogP contribution is 2.21. The SMILES string of the molecule is CCNc1nc2cc(C)c(C)cc2n1C. The average molecular weight is 203 g/mol. The van der Waals surface area contributed by atoms with Crippen LogP contribution in [0.25, 0.3) is 11.0 Å². The number of aryl methyl sites for hydroxylation is 3. The highest BCUT2D eigenvalue weighted by atomic mass is 15.2. The molecule has 0 unspecified atom stereocenters. The Labute approximate surface area is 90.1 Å². The highest BCUT2D eigenvalue weighted by Gasteiger charge is 2.07. The fourth-order valence-electron chi connectivity index (χ4n) is 1.76. The zero-order valence-electron chi connectivity index (χ0n) is 9.76. The summed E-state index contributed by atoms with van der Waals surface area (Å²) < 4.78 is 2.10. The molecule has 1 aromatic carbocycles. The van der Waals surface area contributed by atoms with E-state index in [2.05, 4.69) is 47.8 Å². The van der Waals surface area contributed by atoms with Crippen LogP contribution < -0.4 is 5.32 Å². The Kier molecular flexibility index (Phi) is 2.39. The minimum Gasteiger partial charge on any atom is -0.356 e. The van der Waals surface area contributed by atoms with E-state index in [0.29, 0.717) is 0 Å². The van der Waals surface area contributed by atoms with Crippen LogP contribution in [-0.2, 0) is 7.05 Å². The van der Waals surface area contributed by atoms with Crippen LogP contribution in [0, 0.1) is 13.8 Å². The second kappa shape index (κ2) is 3.57. The molecule has 0 bridgehead atoms. The second-order valence-corrected chi connectivity index (χ2v) is 3.95. The number of anilines is 1. The van der Waals surface area contributed by atoms with Crippen LogP contribution in [0.3, 0.4) is 0 Å². The van der Waals surface area contributed by atoms with Gasteiger partial charge in [-0.05, 0) is 44.0 Å². The first-order chi connectivity index (χ1) is 7.13. The molecule has 0 aliphatic rings. The maximum absolute atomic E-state index is 4.56. The summed E-state index contributed by atoms with van der Waals surface area (Å²) in [5.41, 5.74) is 4.86. The first-order valence-electron chi connectivity index (χ1n) is 5.31. The van der Waals surface area contributed by atoms with Gasteiger partial charge in [-0.3, -0.25) is 0 Å². The van der Waals surface area contributed by atoms with Gasteiger partial charge in [0.25, 0.3) is 0 Å². The predicted octanol–water partition coefficient (Wildman–Crippen LogP) is 2.62. The Morgan fingerprint density at radius 3 is 2.60 bits per heavy atom. The summed E-state index contributed by atoms with van der Waals surface area (Å²) in [6.07, 6.45) is 0. The van der Waals surface area contributed by atoms with Crippen LogP contribution in [0.5, 0.6) is 0 Å². The number of nitrogens with one attached hydrogen (secondary N) is 1. The highest BCUT2D eigenvalue weighted by molar-refractivity contribution is 5.80. The summed E-state index contributed by atoms with van der Waals surface area (Å²) in [5, 5.41) is 3.26. The molecule has 0 aliphatic carbocycles. The molecule has 1 aromatic heterocycles. The minimum atomic E-state index is 0.898. The Morgan fingerprint density at radius 2 is 1.93 bits per heavy atom. The van der Waals surface area contributed by atoms with Gasteiger partial charge in [0, 0.05) is 13.6 Å². The van der Waals surface area contributed by atoms with Crippen molar-refractivity contribution in [1.29, 1.82) is 0 Å². The summed E-state index contributed by atoms with van der Waals surface area (Å²) in [5.74, 6) is 0.942. The number of hydrogen-bond donors (Lipinski definition) is 1. The van der Waals surface area contributed by atoms with Gasteiger partial charge in [0.2, 0.25) is 5.95 Å². The monoisotopic (exact) mass is 203 g/mol. The van der Waals surface area contributed by atoms with Crippen molar-refractivity contribution in [3.8, 4) is 0 Å². The van der Waals surface area contributed by atoms with Gasteiger partial charge in [0.05, 0.1) is 11.0 Å². The van der Waals surface area contributed by atoms with Crippen LogP contribution >= 0.6 is 0 Å². The summed E-state index contributed by atoms with van der Waals surface area (Å²) >= 11 is 0. The lowest BCUT2D eigenvalue weighted by Gasteiger charge is -2.03. The lowest BCUT2D eigenvalue weighted by atomic mass is 10.1. The summed E-state index contributed by atoms with van der Waals surface area (Å²) in [6.45, 7) is 7.23. The van der Waals surface area contributed by atoms with Gasteiger partial charge in [-0.25, -0.2) is 4.98 Å². The van der Waals surface area contributed by atoms with E-state index in [9.17, 15) is 0 Å². The fraction of sp³-hybridized carbons (Fsp3) is 0.417. The molecule has 0 atom stereocenters. The van der Waals surface area contributed by atoms with Crippen molar-refractivity contribution in [1.82, 2.24) is 9.55 Å². The zero-order chi connectivity index (χ0) is 11.0. The van der Waals surface area contributed by atoms with E-state index in [1.54, 1.807) is 0 Å². The minimum absolute atomic E-state index is 0.898. The van der Waals surface area contributed by atoms with Crippen molar-refractivity contribution < 1.29 is 0 Å². The normalized spacial score (nSPS) is 10.9. The largest absolute Gasteiger partial charge is 0.356 e. The van der Waals surface area contributed by atoms with Crippen LogP contribution in [0.1, 0.15) is 18.1 Å². The molecular formula is C12H17N3. The standard InChI is InChI=1S/C12H17N3/c1-5-13-12-14-10-6-8(2)9(3)7-11(10)15(12)4/h6-7H,5H2,1-4H3,(H,13,14). The van der Waals surface area contributed by atoms with Crippen molar-refractivity contribution in [2.75, 3.05) is 11.9 Å². The molecule has 0 radical (unpaired) electrons. The molecule has 0 fully saturated rings. The Balaban J connectivity index is 2.66. The van der Waals surface area contributed by atoms with Crippen LogP contribution in [0.4, 0.5) is 5.95 Å². The molecule has 0 spiro atoms. The Morgan fingerprint density at radius 1 is 1.27 bits per heavy atom. The van der Waals surface area contributed by atoms with E-state index < -0.39 is 0 Å². The summed E-state index contributed by atoms with van der Waals surface area (Å²) in [6, 6.07) is 4.34. The number of aromatic nitrogens is 2. The van der Waals surface area contributed by atoms with E-state index in [-0.39, 0.29) is 0 Å². The molecule has 2 rings (SSSR count). The van der Waals surface area contributed by atoms with Crippen molar-refractivity contribution >= 4 is 17.0 Å². The molecule has 0 saturated heterocycles. The van der Waals surface area contributed by atoms with Crippen LogP contribution in [0.2, 0.25) is 0 Å². The van der Waals surface area contributed by atoms with Crippen molar-refractivity contribution in [2.45, 2.75) is 20.8 Å². The molecule has 0 saturated carbocycles. The summed E-state index contributed by atoms with van der Waals surface area (Å²) in [7, 11) is 2.04. The topological polar surface area (TPSA) is 29.9 Å². The van der Waals surface area contributed by atoms with Crippen molar-refractivity contribution in [2.24, 2.45) is 7.05 Å². The molecule has 3 heteroatoms. The van der Waals surface area contributed by atoms with Crippen molar-refractivity contribution in [3.05, 3.63) is 23.3 Å². The Hall–Kier alpha value is -1.51. The number of rotatable bonds is 2. The molecule has 80 valence electrons. The predicted molar refractivity (Wildman–Crippen MR) is 64.4 cm³/mol. The van der Waals surface area contributed by atoms with Crippen LogP contribution in [-0.4, -0.2) is 16.1 Å². The van der Waals surface area contributed by atoms with E-state index in [1.165, 1.54) is 16.6 Å². The van der Waals surface area contributed by atoms with Gasteiger partial charge in [-0.2, -0.15) is 0 Å². The maximum atomic E-state index is 4.56. The van der Waals surface area contributed by atoms with E-state index in [1.807, 2.05) is 7.05 Å². The van der Waals surface area contributed by atoms with Gasteiger partial charge < -0.3 is 9.88 Å². The number of fused-ring (bicyclic) bond motifs is 1. The maximum Gasteiger partial charge on any atom is 0.203 e. The molecule has 15 heavy (non-hydrogen) atoms. The molecule has 2 aromatic rings. The molecule has 0 amide bonds. The van der Waals surface area contributed by atoms with Gasteiger partial charge in [0.15, 0.2) is 0 Å². The number of nitrogens with zero attached hydrogens (tertiary/aromatic N) is 2. The molecule has 1 heterocycles. The first kappa shape index (κ1) is 10.0. The lowest BCUT2D eigenvalue weighted by Crippen LogP contribution is -2.03. The van der Waals surface area contributed by atoms with E-state index in [0.717, 1.165) is 18.0 Å². The number of hydrogen-bond acceptors (Lipinski definition) is 2. The fourth-order valence-corrected chi connectivity index (χ4v) is 1.76. The third-order valence-corrected chi connectivity index (χ3v) is 2.83. The quantitative estimate of drug-likeness (QED) is 0.813. The van der Waals surface area contributed by atoms with E-state index >= 15 is 0 Å². The number of benzene rings is 1. The first-order valence-corrected chi connectivity index (χ1v) is 5.31. The van der Waals surface area contributed by atoms with Gasteiger partial charge in [-0.15, -0.1) is 0 Å². The molecule has 3 nitrogen and oxygen atoms in total. The van der Waals surface area contributed by atoms with E-state index in [4.69, 9.17) is 0 Å². The van der Waals surface area contributed by atoms with Crippen LogP contribution in [0.15, 0.2) is 12.1 Å².